The van der Waals surface area contributed by atoms with Crippen LogP contribution in [-0.2, 0) is 6.54 Å². The molecule has 0 saturated heterocycles. The molecule has 8 heteroatoms. The van der Waals surface area contributed by atoms with E-state index in [1.54, 1.807) is 31.5 Å². The first-order valence-electron chi connectivity index (χ1n) is 8.46. The van der Waals surface area contributed by atoms with Crippen LogP contribution in [0.4, 0.5) is 5.13 Å². The molecule has 1 aromatic carbocycles. The zero-order valence-electron chi connectivity index (χ0n) is 15.3. The minimum absolute atomic E-state index is 0.0863. The van der Waals surface area contributed by atoms with E-state index in [4.69, 9.17) is 14.5 Å². The van der Waals surface area contributed by atoms with Crippen molar-refractivity contribution >= 4 is 43.9 Å². The number of hydrogen-bond acceptors (Lipinski definition) is 7. The highest BCUT2D eigenvalue weighted by Gasteiger charge is 2.23. The third kappa shape index (κ3) is 3.56. The van der Waals surface area contributed by atoms with Gasteiger partial charge in [0.05, 0.1) is 35.9 Å². The Labute approximate surface area is 170 Å². The van der Waals surface area contributed by atoms with Crippen LogP contribution in [0, 0.1) is 0 Å². The summed E-state index contributed by atoms with van der Waals surface area (Å²) in [4.78, 5) is 24.4. The Hall–Kier alpha value is -2.97. The molecule has 0 aliphatic carbocycles. The molecule has 0 N–H and O–H groups in total. The Kier molecular flexibility index (Phi) is 5.23. The molecule has 0 aliphatic heterocycles. The monoisotopic (exact) mass is 411 g/mol. The third-order valence-corrected chi connectivity index (χ3v) is 6.05. The summed E-state index contributed by atoms with van der Waals surface area (Å²) in [6.45, 7) is 0.388. The van der Waals surface area contributed by atoms with Crippen LogP contribution in [-0.4, -0.2) is 30.1 Å². The number of aromatic nitrogens is 2. The first kappa shape index (κ1) is 18.4. The van der Waals surface area contributed by atoms with Gasteiger partial charge >= 0.3 is 0 Å². The highest BCUT2D eigenvalue weighted by molar-refractivity contribution is 7.22. The lowest BCUT2D eigenvalue weighted by Crippen LogP contribution is -2.29. The van der Waals surface area contributed by atoms with Crippen molar-refractivity contribution < 1.29 is 14.3 Å². The summed E-state index contributed by atoms with van der Waals surface area (Å²) in [5.41, 5.74) is 1.69. The largest absolute Gasteiger partial charge is 0.493 e. The molecule has 0 atom stereocenters. The summed E-state index contributed by atoms with van der Waals surface area (Å²) in [6.07, 6.45) is 3.47. The number of thiazole rings is 1. The summed E-state index contributed by atoms with van der Waals surface area (Å²) in [5, 5.41) is 2.51. The Bertz CT molecular complexity index is 1050. The Morgan fingerprint density at radius 1 is 1.14 bits per heavy atom. The number of methoxy groups -OCH3 is 2. The number of carbonyl (C=O) groups is 1. The van der Waals surface area contributed by atoms with Gasteiger partial charge in [-0.1, -0.05) is 23.5 Å². The normalized spacial score (nSPS) is 10.8. The van der Waals surface area contributed by atoms with Crippen LogP contribution in [0.2, 0.25) is 0 Å². The van der Waals surface area contributed by atoms with E-state index < -0.39 is 0 Å². The van der Waals surface area contributed by atoms with Crippen LogP contribution in [0.3, 0.4) is 0 Å². The molecule has 0 radical (unpaired) electrons. The fourth-order valence-electron chi connectivity index (χ4n) is 2.79. The van der Waals surface area contributed by atoms with Crippen molar-refractivity contribution in [2.45, 2.75) is 6.54 Å². The smallest absolute Gasteiger partial charge is 0.270 e. The van der Waals surface area contributed by atoms with Gasteiger partial charge in [-0.15, -0.1) is 11.3 Å². The maximum atomic E-state index is 13.2. The molecular weight excluding hydrogens is 394 g/mol. The number of ether oxygens (including phenoxy) is 2. The number of anilines is 1. The predicted octanol–water partition coefficient (Wildman–Crippen LogP) is 4.62. The second-order valence-corrected chi connectivity index (χ2v) is 7.86. The first-order valence-corrected chi connectivity index (χ1v) is 10.2. The molecule has 3 aromatic heterocycles. The third-order valence-electron chi connectivity index (χ3n) is 4.15. The van der Waals surface area contributed by atoms with Gasteiger partial charge in [-0.3, -0.25) is 14.7 Å². The quantitative estimate of drug-likeness (QED) is 0.463. The zero-order chi connectivity index (χ0) is 19.5. The number of nitrogens with zero attached hydrogens (tertiary/aromatic N) is 3. The van der Waals surface area contributed by atoms with Gasteiger partial charge in [-0.05, 0) is 23.1 Å². The predicted molar refractivity (Wildman–Crippen MR) is 112 cm³/mol. The van der Waals surface area contributed by atoms with E-state index in [2.05, 4.69) is 4.98 Å². The number of carbonyl (C=O) groups excluding carboxylic acids is 1. The van der Waals surface area contributed by atoms with E-state index in [1.165, 1.54) is 22.7 Å². The summed E-state index contributed by atoms with van der Waals surface area (Å²) >= 11 is 2.86. The maximum Gasteiger partial charge on any atom is 0.270 e. The Morgan fingerprint density at radius 2 is 1.96 bits per heavy atom. The van der Waals surface area contributed by atoms with Crippen molar-refractivity contribution in [2.75, 3.05) is 19.1 Å². The fraction of sp³-hybridized carbons (Fsp3) is 0.150. The van der Waals surface area contributed by atoms with E-state index in [1.807, 2.05) is 41.8 Å². The molecule has 6 nitrogen and oxygen atoms in total. The van der Waals surface area contributed by atoms with Crippen molar-refractivity contribution in [1.29, 1.82) is 0 Å². The fourth-order valence-corrected chi connectivity index (χ4v) is 4.44. The number of amides is 1. The number of thiophene rings is 1. The molecule has 4 aromatic rings. The number of fused-ring (bicyclic) bond motifs is 1. The average Bonchev–Trinajstić information content (AvgIpc) is 3.40. The van der Waals surface area contributed by atoms with Gasteiger partial charge in [0, 0.05) is 24.5 Å². The number of hydrogen-bond donors (Lipinski definition) is 0. The standard InChI is InChI=1S/C20H17N3O3S2/c1-25-15-9-14-18(10-16(15)26-2)28-20(22-14)23(12-13-5-3-7-21-11-13)19(24)17-6-4-8-27-17/h3-11H,12H2,1-2H3. The number of rotatable bonds is 6. The highest BCUT2D eigenvalue weighted by Crippen LogP contribution is 2.38. The SMILES string of the molecule is COc1cc2nc(N(Cc3cccnc3)C(=O)c3cccs3)sc2cc1OC. The molecule has 0 aliphatic rings. The maximum absolute atomic E-state index is 13.2. The van der Waals surface area contributed by atoms with E-state index >= 15 is 0 Å². The first-order chi connectivity index (χ1) is 13.7. The average molecular weight is 412 g/mol. The van der Waals surface area contributed by atoms with Gasteiger partial charge in [-0.2, -0.15) is 0 Å². The van der Waals surface area contributed by atoms with E-state index in [9.17, 15) is 4.79 Å². The van der Waals surface area contributed by atoms with Crippen molar-refractivity contribution in [3.05, 3.63) is 64.6 Å². The molecule has 0 fully saturated rings. The van der Waals surface area contributed by atoms with E-state index in [-0.39, 0.29) is 5.91 Å². The van der Waals surface area contributed by atoms with Crippen molar-refractivity contribution in [3.63, 3.8) is 0 Å². The van der Waals surface area contributed by atoms with Gasteiger partial charge in [0.1, 0.15) is 0 Å². The minimum atomic E-state index is -0.0863. The molecule has 4 rings (SSSR count). The second kappa shape index (κ2) is 7.95. The zero-order valence-corrected chi connectivity index (χ0v) is 16.9. The molecule has 0 bridgehead atoms. The molecular formula is C20H17N3O3S2. The van der Waals surface area contributed by atoms with Crippen LogP contribution in [0.15, 0.2) is 54.2 Å². The van der Waals surface area contributed by atoms with Gasteiger partial charge in [0.2, 0.25) is 0 Å². The Balaban J connectivity index is 1.78. The van der Waals surface area contributed by atoms with Gasteiger partial charge in [0.25, 0.3) is 5.91 Å². The minimum Gasteiger partial charge on any atom is -0.493 e. The molecule has 1 amide bonds. The van der Waals surface area contributed by atoms with Gasteiger partial charge in [-0.25, -0.2) is 4.98 Å². The van der Waals surface area contributed by atoms with E-state index in [0.29, 0.717) is 28.1 Å². The molecule has 0 saturated carbocycles. The van der Waals surface area contributed by atoms with Crippen molar-refractivity contribution in [1.82, 2.24) is 9.97 Å². The van der Waals surface area contributed by atoms with Crippen LogP contribution in [0.25, 0.3) is 10.2 Å². The number of pyridine rings is 1. The van der Waals surface area contributed by atoms with Gasteiger partial charge in [0.15, 0.2) is 16.6 Å². The van der Waals surface area contributed by atoms with Crippen LogP contribution >= 0.6 is 22.7 Å². The summed E-state index contributed by atoms with van der Waals surface area (Å²) in [5.74, 6) is 1.15. The summed E-state index contributed by atoms with van der Waals surface area (Å²) in [7, 11) is 3.19. The summed E-state index contributed by atoms with van der Waals surface area (Å²) < 4.78 is 11.7. The highest BCUT2D eigenvalue weighted by atomic mass is 32.1. The van der Waals surface area contributed by atoms with Crippen LogP contribution in [0.5, 0.6) is 11.5 Å². The second-order valence-electron chi connectivity index (χ2n) is 5.90. The van der Waals surface area contributed by atoms with Crippen molar-refractivity contribution in [3.8, 4) is 11.5 Å². The summed E-state index contributed by atoms with van der Waals surface area (Å²) in [6, 6.07) is 11.2. The van der Waals surface area contributed by atoms with Crippen LogP contribution in [0.1, 0.15) is 15.2 Å². The molecule has 3 heterocycles. The van der Waals surface area contributed by atoms with Gasteiger partial charge < -0.3 is 9.47 Å². The topological polar surface area (TPSA) is 64.5 Å². The van der Waals surface area contributed by atoms with Crippen molar-refractivity contribution in [2.24, 2.45) is 0 Å². The lowest BCUT2D eigenvalue weighted by atomic mass is 10.2. The van der Waals surface area contributed by atoms with E-state index in [0.717, 1.165) is 15.8 Å². The molecule has 0 spiro atoms. The van der Waals surface area contributed by atoms with Crippen LogP contribution < -0.4 is 14.4 Å². The Morgan fingerprint density at radius 3 is 2.64 bits per heavy atom. The molecule has 28 heavy (non-hydrogen) atoms. The lowest BCUT2D eigenvalue weighted by Gasteiger charge is -2.19. The number of benzene rings is 1. The lowest BCUT2D eigenvalue weighted by molar-refractivity contribution is 0.0989. The molecule has 142 valence electrons. The molecule has 0 unspecified atom stereocenters.